The Labute approximate surface area is 237 Å². The molecule has 2 N–H and O–H groups in total. The number of amides is 1. The number of nitrogens with zero attached hydrogens (tertiary/aromatic N) is 3. The maximum Gasteiger partial charge on any atom is 0.301 e. The van der Waals surface area contributed by atoms with Gasteiger partial charge in [0.2, 0.25) is 5.13 Å². The topological polar surface area (TPSA) is 113 Å². The number of ketones is 1. The van der Waals surface area contributed by atoms with E-state index in [9.17, 15) is 24.2 Å². The van der Waals surface area contributed by atoms with Gasteiger partial charge in [-0.2, -0.15) is 0 Å². The molecule has 0 radical (unpaired) electrons. The van der Waals surface area contributed by atoms with E-state index in [-0.39, 0.29) is 40.4 Å². The third-order valence-electron chi connectivity index (χ3n) is 6.25. The van der Waals surface area contributed by atoms with Gasteiger partial charge in [-0.25, -0.2) is 4.39 Å². The Morgan fingerprint density at radius 3 is 2.50 bits per heavy atom. The number of aromatic hydroxyl groups is 1. The van der Waals surface area contributed by atoms with E-state index >= 15 is 0 Å². The summed E-state index contributed by atoms with van der Waals surface area (Å²) < 4.78 is 19.3. The van der Waals surface area contributed by atoms with E-state index in [2.05, 4.69) is 10.2 Å². The molecule has 0 bridgehead atoms. The van der Waals surface area contributed by atoms with Gasteiger partial charge < -0.3 is 14.9 Å². The summed E-state index contributed by atoms with van der Waals surface area (Å²) in [4.78, 5) is 28.1. The molecule has 1 unspecified atom stereocenters. The molecular weight excluding hydrogens is 553 g/mol. The smallest absolute Gasteiger partial charge is 0.301 e. The van der Waals surface area contributed by atoms with Gasteiger partial charge >= 0.3 is 5.91 Å². The number of phenols is 1. The summed E-state index contributed by atoms with van der Waals surface area (Å²) in [7, 11) is 0. The number of hydrogen-bond acceptors (Lipinski definition) is 9. The summed E-state index contributed by atoms with van der Waals surface area (Å²) in [6.45, 7) is 3.95. The van der Waals surface area contributed by atoms with Crippen molar-refractivity contribution in [3.8, 4) is 11.5 Å². The highest BCUT2D eigenvalue weighted by atomic mass is 32.2. The monoisotopic (exact) mass is 577 g/mol. The minimum atomic E-state index is -1.05. The Bertz CT molecular complexity index is 1600. The first-order valence-corrected chi connectivity index (χ1v) is 14.1. The van der Waals surface area contributed by atoms with Crippen LogP contribution >= 0.6 is 23.1 Å². The molecule has 1 atom stereocenters. The Balaban J connectivity index is 1.56. The lowest BCUT2D eigenvalue weighted by molar-refractivity contribution is -0.132. The fourth-order valence-corrected chi connectivity index (χ4v) is 6.09. The third-order valence-corrected chi connectivity index (χ3v) is 8.37. The van der Waals surface area contributed by atoms with Gasteiger partial charge in [0.1, 0.15) is 11.6 Å². The first kappa shape index (κ1) is 27.4. The Hall–Kier alpha value is -4.22. The zero-order valence-electron chi connectivity index (χ0n) is 21.5. The maximum atomic E-state index is 13.4. The van der Waals surface area contributed by atoms with Gasteiger partial charge in [0.15, 0.2) is 15.8 Å². The number of hydrogen-bond donors (Lipinski definition) is 2. The average Bonchev–Trinajstić information content (AvgIpc) is 3.52. The highest BCUT2D eigenvalue weighted by molar-refractivity contribution is 8.00. The quantitative estimate of drug-likeness (QED) is 0.0861. The van der Waals surface area contributed by atoms with Gasteiger partial charge in [0.05, 0.1) is 18.2 Å². The van der Waals surface area contributed by atoms with Crippen molar-refractivity contribution < 1.29 is 28.9 Å². The van der Waals surface area contributed by atoms with Crippen molar-refractivity contribution in [2.24, 2.45) is 0 Å². The number of thioether (sulfide) groups is 1. The highest BCUT2D eigenvalue weighted by Crippen LogP contribution is 2.45. The van der Waals surface area contributed by atoms with Crippen molar-refractivity contribution >= 4 is 45.7 Å². The van der Waals surface area contributed by atoms with Gasteiger partial charge in [-0.15, -0.1) is 10.2 Å². The summed E-state index contributed by atoms with van der Waals surface area (Å²) in [5, 5.41) is 30.1. The molecule has 11 heteroatoms. The molecule has 4 aromatic rings. The molecule has 3 aromatic carbocycles. The second kappa shape index (κ2) is 11.5. The fraction of sp³-hybridized carbons (Fsp3) is 0.172. The first-order valence-electron chi connectivity index (χ1n) is 12.3. The second-order valence-electron chi connectivity index (χ2n) is 8.96. The number of ether oxygens (including phenoxy) is 1. The molecule has 0 aliphatic carbocycles. The van der Waals surface area contributed by atoms with Gasteiger partial charge in [-0.1, -0.05) is 71.1 Å². The molecule has 8 nitrogen and oxygen atoms in total. The van der Waals surface area contributed by atoms with Crippen LogP contribution in [0.25, 0.3) is 5.76 Å². The molecule has 40 heavy (non-hydrogen) atoms. The maximum absolute atomic E-state index is 13.4. The number of phenolic OH excluding ortho intramolecular Hbond substituents is 1. The minimum absolute atomic E-state index is 0.100. The van der Waals surface area contributed by atoms with Crippen LogP contribution in [0.5, 0.6) is 11.5 Å². The number of aliphatic hydroxyl groups excluding tert-OH is 1. The Morgan fingerprint density at radius 1 is 1.07 bits per heavy atom. The van der Waals surface area contributed by atoms with E-state index in [1.54, 1.807) is 49.4 Å². The van der Waals surface area contributed by atoms with Gasteiger partial charge in [-0.05, 0) is 49.2 Å². The SMILES string of the molecule is CCOc1cc(C2/C(=C(/O)c3ccc(C)cc3)C(=O)C(=O)N2c2nnc(SCc3ccc(F)cc3)s2)ccc1O. The molecule has 204 valence electrons. The van der Waals surface area contributed by atoms with E-state index in [1.807, 2.05) is 6.92 Å². The van der Waals surface area contributed by atoms with Crippen molar-refractivity contribution in [2.45, 2.75) is 30.0 Å². The number of aromatic nitrogens is 2. The van der Waals surface area contributed by atoms with Crippen LogP contribution < -0.4 is 9.64 Å². The van der Waals surface area contributed by atoms with E-state index in [0.717, 1.165) is 22.5 Å². The van der Waals surface area contributed by atoms with Crippen LogP contribution in [-0.2, 0) is 15.3 Å². The molecular formula is C29H24FN3O5S2. The number of carbonyl (C=O) groups is 2. The van der Waals surface area contributed by atoms with Gasteiger partial charge in [-0.3, -0.25) is 14.5 Å². The zero-order chi connectivity index (χ0) is 28.4. The molecule has 1 saturated heterocycles. The van der Waals surface area contributed by atoms with Crippen LogP contribution in [0.15, 0.2) is 76.6 Å². The van der Waals surface area contributed by atoms with E-state index in [1.165, 1.54) is 40.9 Å². The van der Waals surface area contributed by atoms with Gasteiger partial charge in [0, 0.05) is 11.3 Å². The molecule has 1 aliphatic heterocycles. The van der Waals surface area contributed by atoms with Crippen molar-refractivity contribution in [3.05, 3.63) is 100 Å². The lowest BCUT2D eigenvalue weighted by atomic mass is 9.95. The van der Waals surface area contributed by atoms with Crippen LogP contribution in [0.1, 0.15) is 35.2 Å². The summed E-state index contributed by atoms with van der Waals surface area (Å²) in [5.41, 5.74) is 2.55. The molecule has 1 aliphatic rings. The number of halogens is 1. The number of aryl methyl sites for hydroxylation is 1. The lowest BCUT2D eigenvalue weighted by Crippen LogP contribution is -2.29. The number of rotatable bonds is 8. The Kier molecular flexibility index (Phi) is 7.85. The summed E-state index contributed by atoms with van der Waals surface area (Å²) in [6.07, 6.45) is 0. The third kappa shape index (κ3) is 5.43. The predicted octanol–water partition coefficient (Wildman–Crippen LogP) is 6.01. The van der Waals surface area contributed by atoms with E-state index < -0.39 is 17.7 Å². The molecule has 0 saturated carbocycles. The normalized spacial score (nSPS) is 16.5. The van der Waals surface area contributed by atoms with Crippen LogP contribution in [0.2, 0.25) is 0 Å². The van der Waals surface area contributed by atoms with Crippen molar-refractivity contribution in [1.29, 1.82) is 0 Å². The number of benzene rings is 3. The number of aliphatic hydroxyl groups is 1. The molecule has 5 rings (SSSR count). The summed E-state index contributed by atoms with van der Waals surface area (Å²) >= 11 is 2.48. The average molecular weight is 578 g/mol. The molecule has 1 fully saturated rings. The standard InChI is InChI=1S/C29H24FN3O5S2/c1-3-38-22-14-19(10-13-21(22)34)24-23(25(35)18-8-4-16(2)5-9-18)26(36)27(37)33(24)28-31-32-29(40-28)39-15-17-6-11-20(30)12-7-17/h4-14,24,34-35H,3,15H2,1-2H3/b25-23-. The van der Waals surface area contributed by atoms with Crippen molar-refractivity contribution in [3.63, 3.8) is 0 Å². The van der Waals surface area contributed by atoms with E-state index in [4.69, 9.17) is 4.74 Å². The van der Waals surface area contributed by atoms with Crippen LogP contribution in [0, 0.1) is 12.7 Å². The molecule has 0 spiro atoms. The molecule has 2 heterocycles. The number of anilines is 1. The van der Waals surface area contributed by atoms with Crippen LogP contribution in [0.4, 0.5) is 9.52 Å². The minimum Gasteiger partial charge on any atom is -0.507 e. The predicted molar refractivity (Wildman–Crippen MR) is 151 cm³/mol. The van der Waals surface area contributed by atoms with Crippen molar-refractivity contribution in [2.75, 3.05) is 11.5 Å². The Morgan fingerprint density at radius 2 is 1.80 bits per heavy atom. The number of carbonyl (C=O) groups excluding carboxylic acids is 2. The van der Waals surface area contributed by atoms with Crippen LogP contribution in [-0.4, -0.2) is 38.7 Å². The molecule has 1 aromatic heterocycles. The summed E-state index contributed by atoms with van der Waals surface area (Å²) in [6, 6.07) is 16.5. The van der Waals surface area contributed by atoms with Crippen LogP contribution in [0.3, 0.4) is 0 Å². The fourth-order valence-electron chi connectivity index (χ4n) is 4.27. The van der Waals surface area contributed by atoms with E-state index in [0.29, 0.717) is 21.2 Å². The number of Topliss-reactive ketones (excluding diaryl/α,β-unsaturated/α-hetero) is 1. The lowest BCUT2D eigenvalue weighted by Gasteiger charge is -2.23. The highest BCUT2D eigenvalue weighted by Gasteiger charge is 2.48. The largest absolute Gasteiger partial charge is 0.507 e. The van der Waals surface area contributed by atoms with Gasteiger partial charge in [0.25, 0.3) is 5.78 Å². The second-order valence-corrected chi connectivity index (χ2v) is 11.1. The van der Waals surface area contributed by atoms with Crippen molar-refractivity contribution in [1.82, 2.24) is 10.2 Å². The molecule has 1 amide bonds. The summed E-state index contributed by atoms with van der Waals surface area (Å²) in [5.74, 6) is -1.81. The zero-order valence-corrected chi connectivity index (χ0v) is 23.1. The first-order chi connectivity index (χ1) is 19.3.